The lowest BCUT2D eigenvalue weighted by Gasteiger charge is -2.41. The van der Waals surface area contributed by atoms with Crippen molar-refractivity contribution < 1.29 is 0 Å². The number of fused-ring (bicyclic) bond motifs is 2. The van der Waals surface area contributed by atoms with Gasteiger partial charge in [0.15, 0.2) is 0 Å². The van der Waals surface area contributed by atoms with Gasteiger partial charge in [-0.1, -0.05) is 72.9 Å². The fourth-order valence-corrected chi connectivity index (χ4v) is 7.20. The average Bonchev–Trinajstić information content (AvgIpc) is 2.92. The maximum atomic E-state index is 9.35. The van der Waals surface area contributed by atoms with Crippen LogP contribution in [0.2, 0.25) is 0 Å². The Labute approximate surface area is 205 Å². The standard InChI is InChI=1S/C30H29N3Si/c31-20-24-11-7-13-26(32-24)23-10-5-8-21(18-23)22-9-6-12-25(19-22)33-27-14-1-3-16-29(27)34-30-17-4-2-15-28(30)33/h1-5,7-9,11,14-18,23-26,32H,6,10,12-13,19H2. The molecule has 2 aliphatic heterocycles. The van der Waals surface area contributed by atoms with Gasteiger partial charge in [-0.25, -0.2) is 0 Å². The van der Waals surface area contributed by atoms with Gasteiger partial charge in [0.2, 0.25) is 0 Å². The van der Waals surface area contributed by atoms with Crippen molar-refractivity contribution in [3.63, 3.8) is 0 Å². The zero-order valence-corrected chi connectivity index (χ0v) is 20.3. The molecule has 0 saturated carbocycles. The van der Waals surface area contributed by atoms with Gasteiger partial charge in [-0.15, -0.1) is 0 Å². The van der Waals surface area contributed by atoms with Crippen molar-refractivity contribution in [2.45, 2.75) is 50.2 Å². The van der Waals surface area contributed by atoms with E-state index in [1.165, 1.54) is 39.3 Å². The lowest BCUT2D eigenvalue weighted by molar-refractivity contribution is 0.393. The van der Waals surface area contributed by atoms with Crippen molar-refractivity contribution in [1.82, 2.24) is 5.32 Å². The van der Waals surface area contributed by atoms with Crippen LogP contribution < -0.4 is 20.6 Å². The quantitative estimate of drug-likeness (QED) is 0.539. The molecule has 0 bridgehead atoms. The molecule has 2 aromatic rings. The maximum absolute atomic E-state index is 9.35. The van der Waals surface area contributed by atoms with Crippen LogP contribution in [0, 0.1) is 17.2 Å². The number of benzene rings is 2. The number of nitrogens with zero attached hydrogens (tertiary/aromatic N) is 2. The van der Waals surface area contributed by atoms with Crippen LogP contribution >= 0.6 is 0 Å². The number of anilines is 2. The van der Waals surface area contributed by atoms with Gasteiger partial charge in [0, 0.05) is 23.5 Å². The van der Waals surface area contributed by atoms with Gasteiger partial charge < -0.3 is 4.90 Å². The first-order chi connectivity index (χ1) is 16.8. The van der Waals surface area contributed by atoms with Gasteiger partial charge in [0.25, 0.3) is 0 Å². The lowest BCUT2D eigenvalue weighted by Crippen LogP contribution is -2.46. The van der Waals surface area contributed by atoms with Gasteiger partial charge in [0.1, 0.15) is 15.6 Å². The fourth-order valence-electron chi connectivity index (χ4n) is 5.89. The number of nitrogens with one attached hydrogen (secondary N) is 1. The summed E-state index contributed by atoms with van der Waals surface area (Å²) in [5, 5.41) is 15.8. The molecule has 0 spiro atoms. The Kier molecular flexibility index (Phi) is 5.82. The summed E-state index contributed by atoms with van der Waals surface area (Å²) < 4.78 is 0. The topological polar surface area (TPSA) is 39.1 Å². The molecule has 0 fully saturated rings. The largest absolute Gasteiger partial charge is 0.338 e. The van der Waals surface area contributed by atoms with Crippen LogP contribution in [-0.4, -0.2) is 27.6 Å². The van der Waals surface area contributed by atoms with Crippen LogP contribution in [0.3, 0.4) is 0 Å². The average molecular weight is 460 g/mol. The highest BCUT2D eigenvalue weighted by atomic mass is 28.2. The Balaban J connectivity index is 1.27. The minimum atomic E-state index is -0.167. The highest BCUT2D eigenvalue weighted by Crippen LogP contribution is 2.37. The van der Waals surface area contributed by atoms with Crippen LogP contribution in [-0.2, 0) is 0 Å². The molecule has 0 amide bonds. The summed E-state index contributed by atoms with van der Waals surface area (Å²) in [6, 6.07) is 20.9. The minimum Gasteiger partial charge on any atom is -0.338 e. The third-order valence-corrected chi connectivity index (χ3v) is 8.93. The normalized spacial score (nSPS) is 27.8. The smallest absolute Gasteiger partial charge is 0.127 e. The monoisotopic (exact) mass is 459 g/mol. The highest BCUT2D eigenvalue weighted by Gasteiger charge is 2.31. The van der Waals surface area contributed by atoms with Gasteiger partial charge in [-0.3, -0.25) is 5.32 Å². The zero-order chi connectivity index (χ0) is 22.9. The van der Waals surface area contributed by atoms with E-state index in [4.69, 9.17) is 0 Å². The molecular formula is C30H29N3Si. The number of hydrogen-bond acceptors (Lipinski definition) is 3. The third kappa shape index (κ3) is 4.00. The molecule has 168 valence electrons. The summed E-state index contributed by atoms with van der Waals surface area (Å²) in [6.07, 6.45) is 19.1. The molecule has 34 heavy (non-hydrogen) atoms. The molecular weight excluding hydrogens is 430 g/mol. The number of hydrogen-bond donors (Lipinski definition) is 1. The molecule has 4 heteroatoms. The van der Waals surface area contributed by atoms with Gasteiger partial charge >= 0.3 is 0 Å². The molecule has 2 aliphatic carbocycles. The third-order valence-electron chi connectivity index (χ3n) is 7.55. The van der Waals surface area contributed by atoms with Crippen molar-refractivity contribution in [2.75, 3.05) is 4.90 Å². The first-order valence-corrected chi connectivity index (χ1v) is 13.4. The first-order valence-electron chi connectivity index (χ1n) is 12.4. The van der Waals surface area contributed by atoms with Crippen LogP contribution in [0.25, 0.3) is 0 Å². The van der Waals surface area contributed by atoms with Crippen molar-refractivity contribution in [1.29, 1.82) is 5.26 Å². The highest BCUT2D eigenvalue weighted by molar-refractivity contribution is 6.71. The van der Waals surface area contributed by atoms with E-state index in [2.05, 4.69) is 95.2 Å². The number of allylic oxidation sites excluding steroid dienone is 4. The summed E-state index contributed by atoms with van der Waals surface area (Å²) in [4.78, 5) is 2.63. The molecule has 4 unspecified atom stereocenters. The molecule has 2 radical (unpaired) electrons. The molecule has 4 atom stereocenters. The summed E-state index contributed by atoms with van der Waals surface area (Å²) in [5.74, 6) is 0.430. The summed E-state index contributed by atoms with van der Waals surface area (Å²) in [5.41, 5.74) is 5.63. The van der Waals surface area contributed by atoms with Crippen LogP contribution in [0.1, 0.15) is 32.1 Å². The number of rotatable bonds is 3. The number of nitriles is 1. The molecule has 4 aliphatic rings. The molecule has 0 aromatic heterocycles. The van der Waals surface area contributed by atoms with Gasteiger partial charge in [-0.2, -0.15) is 5.26 Å². The van der Waals surface area contributed by atoms with E-state index in [-0.39, 0.29) is 6.04 Å². The predicted molar refractivity (Wildman–Crippen MR) is 141 cm³/mol. The Morgan fingerprint density at radius 1 is 0.971 bits per heavy atom. The van der Waals surface area contributed by atoms with E-state index in [1.807, 2.05) is 6.08 Å². The molecule has 2 aromatic carbocycles. The van der Waals surface area contributed by atoms with E-state index < -0.39 is 0 Å². The summed E-state index contributed by atoms with van der Waals surface area (Å²) >= 11 is 0. The zero-order valence-electron chi connectivity index (χ0n) is 19.3. The van der Waals surface area contributed by atoms with Gasteiger partial charge in [-0.05, 0) is 71.7 Å². The van der Waals surface area contributed by atoms with Crippen molar-refractivity contribution in [3.05, 3.63) is 96.1 Å². The molecule has 1 N–H and O–H groups in total. The fraction of sp³-hybridized carbons (Fsp3) is 0.300. The van der Waals surface area contributed by atoms with Crippen LogP contribution in [0.4, 0.5) is 11.4 Å². The van der Waals surface area contributed by atoms with Crippen molar-refractivity contribution >= 4 is 31.3 Å². The molecule has 2 heterocycles. The first kappa shape index (κ1) is 21.4. The second-order valence-electron chi connectivity index (χ2n) is 9.66. The summed E-state index contributed by atoms with van der Waals surface area (Å²) in [7, 11) is 0.725. The second kappa shape index (κ2) is 9.25. The lowest BCUT2D eigenvalue weighted by atomic mass is 9.81. The molecule has 0 saturated heterocycles. The summed E-state index contributed by atoms with van der Waals surface area (Å²) in [6.45, 7) is 0. The predicted octanol–water partition coefficient (Wildman–Crippen LogP) is 4.58. The van der Waals surface area contributed by atoms with E-state index in [0.717, 1.165) is 35.2 Å². The van der Waals surface area contributed by atoms with E-state index >= 15 is 0 Å². The van der Waals surface area contributed by atoms with E-state index in [1.54, 1.807) is 0 Å². The van der Waals surface area contributed by atoms with E-state index in [0.29, 0.717) is 18.0 Å². The van der Waals surface area contributed by atoms with Crippen molar-refractivity contribution in [3.8, 4) is 6.07 Å². The minimum absolute atomic E-state index is 0.167. The molecule has 3 nitrogen and oxygen atoms in total. The Bertz CT molecular complexity index is 1200. The van der Waals surface area contributed by atoms with Crippen LogP contribution in [0.5, 0.6) is 0 Å². The number of para-hydroxylation sites is 2. The molecule has 6 rings (SSSR count). The van der Waals surface area contributed by atoms with Crippen LogP contribution in [0.15, 0.2) is 96.1 Å². The van der Waals surface area contributed by atoms with Gasteiger partial charge in [0.05, 0.1) is 6.07 Å². The Hall–Kier alpha value is -3.13. The Morgan fingerprint density at radius 3 is 2.50 bits per heavy atom. The maximum Gasteiger partial charge on any atom is 0.127 e. The Morgan fingerprint density at radius 2 is 1.74 bits per heavy atom. The van der Waals surface area contributed by atoms with E-state index in [9.17, 15) is 5.26 Å². The second-order valence-corrected chi connectivity index (χ2v) is 11.0. The SMILES string of the molecule is N#CC1C=CCC(C2C=C(C3=CCCC(N4c5ccccc5[Si]c5ccccc54)C3)C=CC2)N1. The van der Waals surface area contributed by atoms with Crippen molar-refractivity contribution in [2.24, 2.45) is 5.92 Å².